The molecule has 0 radical (unpaired) electrons. The van der Waals surface area contributed by atoms with E-state index in [1.54, 1.807) is 13.2 Å². The molecule has 0 bridgehead atoms. The van der Waals surface area contributed by atoms with Gasteiger partial charge in [-0.3, -0.25) is 0 Å². The predicted molar refractivity (Wildman–Crippen MR) is 75.6 cm³/mol. The van der Waals surface area contributed by atoms with Crippen molar-refractivity contribution in [3.05, 3.63) is 52.4 Å². The first-order valence-electron chi connectivity index (χ1n) is 5.79. The molecule has 0 saturated heterocycles. The minimum atomic E-state index is -0.493. The number of hydrogen-bond donors (Lipinski definition) is 1. The van der Waals surface area contributed by atoms with Gasteiger partial charge in [0.2, 0.25) is 0 Å². The Balaban J connectivity index is 2.28. The van der Waals surface area contributed by atoms with E-state index in [-0.39, 0.29) is 0 Å². The summed E-state index contributed by atoms with van der Waals surface area (Å²) in [5, 5.41) is 9.80. The minimum Gasteiger partial charge on any atom is -0.467 e. The van der Waals surface area contributed by atoms with Crippen LogP contribution < -0.4 is 4.90 Å². The summed E-state index contributed by atoms with van der Waals surface area (Å²) in [6.07, 6.45) is 1.17. The molecule has 18 heavy (non-hydrogen) atoms. The molecule has 1 atom stereocenters. The Morgan fingerprint density at radius 2 is 2.17 bits per heavy atom. The lowest BCUT2D eigenvalue weighted by molar-refractivity contribution is 0.199. The lowest BCUT2D eigenvalue weighted by Gasteiger charge is -2.23. The Morgan fingerprint density at radius 1 is 1.39 bits per heavy atom. The lowest BCUT2D eigenvalue weighted by Crippen LogP contribution is -2.18. The second-order valence-electron chi connectivity index (χ2n) is 4.31. The van der Waals surface area contributed by atoms with Gasteiger partial charge in [-0.2, -0.15) is 0 Å². The molecular formula is C14H16BrNO2. The number of furan rings is 1. The van der Waals surface area contributed by atoms with E-state index in [1.807, 2.05) is 37.4 Å². The molecular weight excluding hydrogens is 294 g/mol. The van der Waals surface area contributed by atoms with E-state index < -0.39 is 6.10 Å². The normalized spacial score (nSPS) is 12.4. The van der Waals surface area contributed by atoms with Gasteiger partial charge in [0.05, 0.1) is 18.9 Å². The third-order valence-electron chi connectivity index (χ3n) is 2.83. The Bertz CT molecular complexity index is 509. The van der Waals surface area contributed by atoms with Crippen molar-refractivity contribution >= 4 is 21.6 Å². The molecule has 2 aromatic rings. The monoisotopic (exact) mass is 309 g/mol. The molecule has 0 amide bonds. The van der Waals surface area contributed by atoms with Crippen LogP contribution in [0.3, 0.4) is 0 Å². The van der Waals surface area contributed by atoms with Gasteiger partial charge in [0.15, 0.2) is 0 Å². The molecule has 0 fully saturated rings. The van der Waals surface area contributed by atoms with Crippen molar-refractivity contribution in [3.8, 4) is 0 Å². The fraction of sp³-hybridized carbons (Fsp3) is 0.286. The first-order valence-corrected chi connectivity index (χ1v) is 6.58. The van der Waals surface area contributed by atoms with Gasteiger partial charge in [-0.1, -0.05) is 22.0 Å². The lowest BCUT2D eigenvalue weighted by atomic mass is 10.1. The van der Waals surface area contributed by atoms with Crippen LogP contribution in [0.15, 0.2) is 45.5 Å². The van der Waals surface area contributed by atoms with Gasteiger partial charge >= 0.3 is 0 Å². The second-order valence-corrected chi connectivity index (χ2v) is 5.23. The summed E-state index contributed by atoms with van der Waals surface area (Å²) in [6, 6.07) is 9.69. The third-order valence-corrected chi connectivity index (χ3v) is 3.32. The van der Waals surface area contributed by atoms with Crippen molar-refractivity contribution in [3.63, 3.8) is 0 Å². The van der Waals surface area contributed by atoms with E-state index in [0.29, 0.717) is 6.54 Å². The largest absolute Gasteiger partial charge is 0.467 e. The van der Waals surface area contributed by atoms with E-state index in [9.17, 15) is 5.11 Å². The zero-order chi connectivity index (χ0) is 13.1. The smallest absolute Gasteiger partial charge is 0.123 e. The molecule has 1 N–H and O–H groups in total. The van der Waals surface area contributed by atoms with Crippen molar-refractivity contribution < 1.29 is 9.52 Å². The van der Waals surface area contributed by atoms with E-state index in [1.165, 1.54) is 0 Å². The molecule has 0 aliphatic rings. The van der Waals surface area contributed by atoms with Crippen LogP contribution in [0.5, 0.6) is 0 Å². The van der Waals surface area contributed by atoms with Crippen LogP contribution in [-0.4, -0.2) is 12.2 Å². The fourth-order valence-electron chi connectivity index (χ4n) is 1.92. The summed E-state index contributed by atoms with van der Waals surface area (Å²) in [6.45, 7) is 2.44. The summed E-state index contributed by atoms with van der Waals surface area (Å²) < 4.78 is 6.33. The SMILES string of the molecule is CC(O)c1ccc(Br)cc1N(C)Cc1ccco1. The van der Waals surface area contributed by atoms with Crippen LogP contribution in [0.1, 0.15) is 24.4 Å². The second kappa shape index (κ2) is 5.59. The maximum Gasteiger partial charge on any atom is 0.123 e. The molecule has 3 nitrogen and oxygen atoms in total. The number of aliphatic hydroxyl groups is 1. The summed E-state index contributed by atoms with van der Waals surface area (Å²) in [4.78, 5) is 2.06. The third kappa shape index (κ3) is 2.94. The summed E-state index contributed by atoms with van der Waals surface area (Å²) in [5.74, 6) is 0.897. The predicted octanol–water partition coefficient (Wildman–Crippen LogP) is 3.73. The number of benzene rings is 1. The molecule has 96 valence electrons. The quantitative estimate of drug-likeness (QED) is 0.935. The van der Waals surface area contributed by atoms with Crippen molar-refractivity contribution in [1.82, 2.24) is 0 Å². The van der Waals surface area contributed by atoms with Crippen LogP contribution in [0, 0.1) is 0 Å². The Kier molecular flexibility index (Phi) is 4.09. The zero-order valence-electron chi connectivity index (χ0n) is 10.4. The van der Waals surface area contributed by atoms with Gasteiger partial charge in [0, 0.05) is 22.8 Å². The maximum absolute atomic E-state index is 9.80. The number of aliphatic hydroxyl groups excluding tert-OH is 1. The molecule has 1 heterocycles. The molecule has 2 rings (SSSR count). The van der Waals surface area contributed by atoms with Crippen molar-refractivity contribution in [2.24, 2.45) is 0 Å². The number of halogens is 1. The molecule has 0 aliphatic heterocycles. The Labute approximate surface area is 115 Å². The molecule has 1 aromatic heterocycles. The van der Waals surface area contributed by atoms with Crippen LogP contribution in [0.25, 0.3) is 0 Å². The van der Waals surface area contributed by atoms with E-state index in [0.717, 1.165) is 21.5 Å². The Morgan fingerprint density at radius 3 is 2.78 bits per heavy atom. The standard InChI is InChI=1S/C14H16BrNO2/c1-10(17)13-6-5-11(15)8-14(13)16(2)9-12-4-3-7-18-12/h3-8,10,17H,9H2,1-2H3. The van der Waals surface area contributed by atoms with Gasteiger partial charge in [0.1, 0.15) is 5.76 Å². The van der Waals surface area contributed by atoms with Crippen molar-refractivity contribution in [2.45, 2.75) is 19.6 Å². The summed E-state index contributed by atoms with van der Waals surface area (Å²) >= 11 is 3.46. The van der Waals surface area contributed by atoms with Gasteiger partial charge in [-0.05, 0) is 31.2 Å². The van der Waals surface area contributed by atoms with Gasteiger partial charge in [-0.15, -0.1) is 0 Å². The summed E-state index contributed by atoms with van der Waals surface area (Å²) in [5.41, 5.74) is 1.91. The summed E-state index contributed by atoms with van der Waals surface area (Å²) in [7, 11) is 1.98. The van der Waals surface area contributed by atoms with E-state index >= 15 is 0 Å². The molecule has 0 spiro atoms. The van der Waals surface area contributed by atoms with E-state index in [2.05, 4.69) is 20.8 Å². The highest BCUT2D eigenvalue weighted by Crippen LogP contribution is 2.29. The average molecular weight is 310 g/mol. The number of rotatable bonds is 4. The first-order chi connectivity index (χ1) is 8.58. The van der Waals surface area contributed by atoms with Gasteiger partial charge in [0.25, 0.3) is 0 Å². The van der Waals surface area contributed by atoms with Crippen LogP contribution >= 0.6 is 15.9 Å². The van der Waals surface area contributed by atoms with E-state index in [4.69, 9.17) is 4.42 Å². The minimum absolute atomic E-state index is 0.493. The maximum atomic E-state index is 9.80. The highest BCUT2D eigenvalue weighted by molar-refractivity contribution is 9.10. The zero-order valence-corrected chi connectivity index (χ0v) is 12.0. The molecule has 0 saturated carbocycles. The highest BCUT2D eigenvalue weighted by atomic mass is 79.9. The molecule has 1 aromatic carbocycles. The first kappa shape index (κ1) is 13.2. The van der Waals surface area contributed by atoms with Crippen LogP contribution in [0.2, 0.25) is 0 Å². The highest BCUT2D eigenvalue weighted by Gasteiger charge is 2.13. The fourth-order valence-corrected chi connectivity index (χ4v) is 2.27. The molecule has 0 aliphatic carbocycles. The molecule has 4 heteroatoms. The van der Waals surface area contributed by atoms with Crippen LogP contribution in [-0.2, 0) is 6.54 Å². The van der Waals surface area contributed by atoms with Crippen molar-refractivity contribution in [1.29, 1.82) is 0 Å². The van der Waals surface area contributed by atoms with Crippen molar-refractivity contribution in [2.75, 3.05) is 11.9 Å². The van der Waals surface area contributed by atoms with Crippen LogP contribution in [0.4, 0.5) is 5.69 Å². The van der Waals surface area contributed by atoms with Gasteiger partial charge < -0.3 is 14.4 Å². The number of anilines is 1. The average Bonchev–Trinajstić information content (AvgIpc) is 2.81. The molecule has 1 unspecified atom stereocenters. The number of nitrogens with zero attached hydrogens (tertiary/aromatic N) is 1. The Hall–Kier alpha value is -1.26. The topological polar surface area (TPSA) is 36.6 Å². The van der Waals surface area contributed by atoms with Gasteiger partial charge in [-0.25, -0.2) is 0 Å². The number of hydrogen-bond acceptors (Lipinski definition) is 3.